The number of hydrogen-bond donors (Lipinski definition) is 3. The van der Waals surface area contributed by atoms with E-state index >= 15 is 0 Å². The number of nitrogens with one attached hydrogen (secondary N) is 2. The molecule has 0 aliphatic heterocycles. The van der Waals surface area contributed by atoms with Crippen molar-refractivity contribution in [1.82, 2.24) is 10.6 Å². The van der Waals surface area contributed by atoms with Crippen molar-refractivity contribution in [3.63, 3.8) is 0 Å². The van der Waals surface area contributed by atoms with E-state index in [1.807, 2.05) is 18.7 Å². The average Bonchev–Trinajstić information content (AvgIpc) is 2.38. The van der Waals surface area contributed by atoms with Gasteiger partial charge in [-0.05, 0) is 37.9 Å². The molecule has 0 bridgehead atoms. The van der Waals surface area contributed by atoms with Crippen molar-refractivity contribution in [2.75, 3.05) is 12.3 Å². The molecule has 0 radical (unpaired) electrons. The number of aliphatic hydroxyl groups is 1. The summed E-state index contributed by atoms with van der Waals surface area (Å²) in [5.41, 5.74) is 0. The molecule has 0 aromatic rings. The molecular formula is C15H30N2O2S. The molecule has 4 nitrogen and oxygen atoms in total. The van der Waals surface area contributed by atoms with Crippen LogP contribution >= 0.6 is 11.8 Å². The van der Waals surface area contributed by atoms with Gasteiger partial charge in [-0.15, -0.1) is 0 Å². The predicted molar refractivity (Wildman–Crippen MR) is 86.2 cm³/mol. The summed E-state index contributed by atoms with van der Waals surface area (Å²) in [6.07, 6.45) is 5.21. The zero-order chi connectivity index (χ0) is 15.0. The minimum atomic E-state index is -0.307. The first-order valence-electron chi connectivity index (χ1n) is 7.87. The second-order valence-corrected chi connectivity index (χ2v) is 7.45. The first-order chi connectivity index (χ1) is 9.52. The predicted octanol–water partition coefficient (Wildman–Crippen LogP) is 2.76. The van der Waals surface area contributed by atoms with E-state index in [1.165, 1.54) is 19.3 Å². The van der Waals surface area contributed by atoms with Crippen LogP contribution in [0.1, 0.15) is 52.9 Å². The van der Waals surface area contributed by atoms with Crippen LogP contribution < -0.4 is 10.6 Å². The van der Waals surface area contributed by atoms with E-state index in [2.05, 4.69) is 17.6 Å². The number of carbonyl (C=O) groups excluding carboxylic acids is 1. The molecule has 0 aromatic heterocycles. The quantitative estimate of drug-likeness (QED) is 0.677. The van der Waals surface area contributed by atoms with Crippen LogP contribution in [0.2, 0.25) is 0 Å². The van der Waals surface area contributed by atoms with E-state index < -0.39 is 0 Å². The average molecular weight is 302 g/mol. The lowest BCUT2D eigenvalue weighted by Crippen LogP contribution is -2.48. The van der Waals surface area contributed by atoms with Crippen LogP contribution in [-0.2, 0) is 0 Å². The number of hydrogen-bond acceptors (Lipinski definition) is 3. The lowest BCUT2D eigenvalue weighted by Gasteiger charge is -2.31. The molecule has 1 saturated carbocycles. The summed E-state index contributed by atoms with van der Waals surface area (Å²) in [5.74, 6) is 1.41. The van der Waals surface area contributed by atoms with Gasteiger partial charge in [-0.2, -0.15) is 11.8 Å². The van der Waals surface area contributed by atoms with Crippen LogP contribution in [0.5, 0.6) is 0 Å². The van der Waals surface area contributed by atoms with E-state index in [-0.39, 0.29) is 12.1 Å². The van der Waals surface area contributed by atoms with Crippen molar-refractivity contribution in [1.29, 1.82) is 0 Å². The number of rotatable bonds is 7. The molecule has 1 fully saturated rings. The maximum absolute atomic E-state index is 12.0. The van der Waals surface area contributed by atoms with Gasteiger partial charge in [0.05, 0.1) is 6.10 Å². The Morgan fingerprint density at radius 2 is 2.05 bits per heavy atom. The standard InChI is InChI=1S/C15H30N2O2S/c1-4-20-14-8-6-5-7-13(14)17-15(19)16-10-11(2)9-12(3)18/h11-14,18H,4-10H2,1-3H3,(H2,16,17,19). The van der Waals surface area contributed by atoms with Crippen molar-refractivity contribution in [3.05, 3.63) is 0 Å². The molecule has 0 aromatic carbocycles. The van der Waals surface area contributed by atoms with Crippen molar-refractivity contribution in [2.45, 2.75) is 70.3 Å². The Kier molecular flexibility index (Phi) is 8.38. The Balaban J connectivity index is 2.29. The first kappa shape index (κ1) is 17.6. The van der Waals surface area contributed by atoms with E-state index in [0.717, 1.165) is 18.6 Å². The van der Waals surface area contributed by atoms with E-state index in [9.17, 15) is 9.90 Å². The molecule has 0 spiro atoms. The molecule has 1 rings (SSSR count). The molecule has 0 heterocycles. The summed E-state index contributed by atoms with van der Waals surface area (Å²) in [7, 11) is 0. The Labute approximate surface area is 127 Å². The highest BCUT2D eigenvalue weighted by atomic mass is 32.2. The van der Waals surface area contributed by atoms with Gasteiger partial charge in [-0.3, -0.25) is 0 Å². The molecule has 3 N–H and O–H groups in total. The number of carbonyl (C=O) groups is 1. The molecule has 1 aliphatic carbocycles. The lowest BCUT2D eigenvalue weighted by molar-refractivity contribution is 0.163. The molecule has 4 unspecified atom stereocenters. The lowest BCUT2D eigenvalue weighted by atomic mass is 9.95. The van der Waals surface area contributed by atoms with Crippen LogP contribution in [0.3, 0.4) is 0 Å². The normalized spacial score (nSPS) is 25.8. The number of urea groups is 1. The summed E-state index contributed by atoms with van der Waals surface area (Å²) < 4.78 is 0. The number of thioether (sulfide) groups is 1. The Hall–Kier alpha value is -0.420. The summed E-state index contributed by atoms with van der Waals surface area (Å²) in [5, 5.41) is 15.9. The van der Waals surface area contributed by atoms with Crippen LogP contribution in [0, 0.1) is 5.92 Å². The van der Waals surface area contributed by atoms with Gasteiger partial charge in [0.25, 0.3) is 0 Å². The maximum Gasteiger partial charge on any atom is 0.315 e. The van der Waals surface area contributed by atoms with E-state index in [4.69, 9.17) is 0 Å². The minimum Gasteiger partial charge on any atom is -0.393 e. The fourth-order valence-corrected chi connectivity index (χ4v) is 4.03. The minimum absolute atomic E-state index is 0.0592. The summed E-state index contributed by atoms with van der Waals surface area (Å²) in [6, 6.07) is 0.247. The topological polar surface area (TPSA) is 61.4 Å². The molecule has 118 valence electrons. The van der Waals surface area contributed by atoms with E-state index in [1.54, 1.807) is 6.92 Å². The smallest absolute Gasteiger partial charge is 0.315 e. The Morgan fingerprint density at radius 1 is 1.35 bits per heavy atom. The molecular weight excluding hydrogens is 272 g/mol. The van der Waals surface area contributed by atoms with E-state index in [0.29, 0.717) is 23.8 Å². The zero-order valence-corrected chi connectivity index (χ0v) is 13.8. The van der Waals surface area contributed by atoms with Gasteiger partial charge in [-0.25, -0.2) is 4.79 Å². The molecule has 4 atom stereocenters. The molecule has 0 saturated heterocycles. The third-order valence-corrected chi connectivity index (χ3v) is 5.08. The summed E-state index contributed by atoms with van der Waals surface area (Å²) in [4.78, 5) is 12.0. The third-order valence-electron chi connectivity index (χ3n) is 3.75. The number of aliphatic hydroxyl groups excluding tert-OH is 1. The van der Waals surface area contributed by atoms with Crippen LogP contribution in [0.15, 0.2) is 0 Å². The van der Waals surface area contributed by atoms with Gasteiger partial charge in [0, 0.05) is 17.8 Å². The van der Waals surface area contributed by atoms with Gasteiger partial charge in [-0.1, -0.05) is 26.7 Å². The van der Waals surface area contributed by atoms with Crippen LogP contribution in [0.4, 0.5) is 4.79 Å². The van der Waals surface area contributed by atoms with Crippen molar-refractivity contribution >= 4 is 17.8 Å². The van der Waals surface area contributed by atoms with Crippen molar-refractivity contribution < 1.29 is 9.90 Å². The van der Waals surface area contributed by atoms with Gasteiger partial charge in [0.1, 0.15) is 0 Å². The van der Waals surface area contributed by atoms with Gasteiger partial charge in [0.2, 0.25) is 0 Å². The van der Waals surface area contributed by atoms with Crippen molar-refractivity contribution in [3.8, 4) is 0 Å². The SMILES string of the molecule is CCSC1CCCCC1NC(=O)NCC(C)CC(C)O. The second kappa shape index (κ2) is 9.50. The molecule has 20 heavy (non-hydrogen) atoms. The highest BCUT2D eigenvalue weighted by Crippen LogP contribution is 2.28. The number of amides is 2. The fourth-order valence-electron chi connectivity index (χ4n) is 2.83. The van der Waals surface area contributed by atoms with Crippen LogP contribution in [-0.4, -0.2) is 40.8 Å². The highest BCUT2D eigenvalue weighted by molar-refractivity contribution is 7.99. The maximum atomic E-state index is 12.0. The van der Waals surface area contributed by atoms with Gasteiger partial charge in [0.15, 0.2) is 0 Å². The monoisotopic (exact) mass is 302 g/mol. The third kappa shape index (κ3) is 6.84. The Bertz CT molecular complexity index is 285. The summed E-state index contributed by atoms with van der Waals surface area (Å²) >= 11 is 1.96. The highest BCUT2D eigenvalue weighted by Gasteiger charge is 2.26. The summed E-state index contributed by atoms with van der Waals surface area (Å²) in [6.45, 7) is 6.62. The fraction of sp³-hybridized carbons (Fsp3) is 0.933. The van der Waals surface area contributed by atoms with Crippen LogP contribution in [0.25, 0.3) is 0 Å². The van der Waals surface area contributed by atoms with Gasteiger partial charge >= 0.3 is 6.03 Å². The Morgan fingerprint density at radius 3 is 2.70 bits per heavy atom. The van der Waals surface area contributed by atoms with Gasteiger partial charge < -0.3 is 15.7 Å². The second-order valence-electron chi connectivity index (χ2n) is 5.93. The molecule has 1 aliphatic rings. The largest absolute Gasteiger partial charge is 0.393 e. The zero-order valence-electron chi connectivity index (χ0n) is 13.0. The molecule has 2 amide bonds. The van der Waals surface area contributed by atoms with Crippen molar-refractivity contribution in [2.24, 2.45) is 5.92 Å². The molecule has 5 heteroatoms. The first-order valence-corrected chi connectivity index (χ1v) is 8.91.